The van der Waals surface area contributed by atoms with Gasteiger partial charge in [0.05, 0.1) is 29.0 Å². The van der Waals surface area contributed by atoms with Crippen LogP contribution in [0.15, 0.2) is 47.9 Å². The molecule has 1 fully saturated rings. The van der Waals surface area contributed by atoms with Crippen molar-refractivity contribution < 1.29 is 4.79 Å². The molecule has 180 valence electrons. The zero-order valence-corrected chi connectivity index (χ0v) is 20.7. The molecule has 0 spiro atoms. The molecule has 1 saturated carbocycles. The maximum absolute atomic E-state index is 13.1. The SMILES string of the molecule is CC(C)n1cncc(-c2ccc(C3(NC(=O)c4ncc5cnn(C(C)C)c5n4)CC3)cc2Cl)c1=O. The van der Waals surface area contributed by atoms with Gasteiger partial charge in [0, 0.05) is 35.1 Å². The van der Waals surface area contributed by atoms with Crippen LogP contribution in [0.1, 0.15) is 68.8 Å². The third kappa shape index (κ3) is 4.10. The van der Waals surface area contributed by atoms with E-state index in [1.165, 1.54) is 12.5 Å². The summed E-state index contributed by atoms with van der Waals surface area (Å²) in [4.78, 5) is 38.9. The largest absolute Gasteiger partial charge is 0.340 e. The zero-order valence-electron chi connectivity index (χ0n) is 20.0. The van der Waals surface area contributed by atoms with Crippen molar-refractivity contribution in [3.8, 4) is 11.1 Å². The highest BCUT2D eigenvalue weighted by atomic mass is 35.5. The molecule has 3 aromatic heterocycles. The predicted octanol–water partition coefficient (Wildman–Crippen LogP) is 4.28. The van der Waals surface area contributed by atoms with Gasteiger partial charge in [0.25, 0.3) is 11.5 Å². The molecule has 0 bridgehead atoms. The molecule has 3 heterocycles. The number of carbonyl (C=O) groups is 1. The molecular weight excluding hydrogens is 466 g/mol. The van der Waals surface area contributed by atoms with E-state index in [1.807, 2.05) is 45.9 Å². The Morgan fingerprint density at radius 2 is 1.86 bits per heavy atom. The lowest BCUT2D eigenvalue weighted by atomic mass is 10.00. The van der Waals surface area contributed by atoms with Crippen LogP contribution in [0.4, 0.5) is 0 Å². The predicted molar refractivity (Wildman–Crippen MR) is 133 cm³/mol. The maximum atomic E-state index is 13.1. The van der Waals surface area contributed by atoms with E-state index in [9.17, 15) is 9.59 Å². The first-order valence-electron chi connectivity index (χ1n) is 11.6. The first kappa shape index (κ1) is 23.2. The second-order valence-corrected chi connectivity index (χ2v) is 9.91. The number of fused-ring (bicyclic) bond motifs is 1. The molecule has 1 amide bonds. The summed E-state index contributed by atoms with van der Waals surface area (Å²) in [5.74, 6) is -0.258. The molecule has 1 aliphatic rings. The van der Waals surface area contributed by atoms with Crippen molar-refractivity contribution in [2.75, 3.05) is 0 Å². The second kappa shape index (κ2) is 8.57. The molecule has 0 aliphatic heterocycles. The van der Waals surface area contributed by atoms with Crippen LogP contribution in [-0.2, 0) is 5.54 Å². The number of rotatable bonds is 6. The maximum Gasteiger partial charge on any atom is 0.289 e. The Kier molecular flexibility index (Phi) is 5.67. The average Bonchev–Trinajstić information content (AvgIpc) is 3.47. The number of aromatic nitrogens is 6. The third-order valence-electron chi connectivity index (χ3n) is 6.36. The first-order valence-corrected chi connectivity index (χ1v) is 12.0. The van der Waals surface area contributed by atoms with Crippen molar-refractivity contribution in [3.05, 3.63) is 69.9 Å². The molecule has 4 aromatic rings. The van der Waals surface area contributed by atoms with E-state index in [0.717, 1.165) is 23.8 Å². The minimum Gasteiger partial charge on any atom is -0.340 e. The van der Waals surface area contributed by atoms with Gasteiger partial charge in [-0.1, -0.05) is 23.7 Å². The third-order valence-corrected chi connectivity index (χ3v) is 6.67. The van der Waals surface area contributed by atoms with Crippen molar-refractivity contribution in [1.29, 1.82) is 0 Å². The van der Waals surface area contributed by atoms with Crippen LogP contribution in [0, 0.1) is 0 Å². The van der Waals surface area contributed by atoms with E-state index in [-0.39, 0.29) is 29.4 Å². The van der Waals surface area contributed by atoms with Gasteiger partial charge >= 0.3 is 0 Å². The van der Waals surface area contributed by atoms with Crippen LogP contribution in [0.25, 0.3) is 22.2 Å². The Hall–Kier alpha value is -3.59. The minimum atomic E-state index is -0.539. The van der Waals surface area contributed by atoms with Crippen molar-refractivity contribution >= 4 is 28.5 Å². The van der Waals surface area contributed by atoms with Crippen LogP contribution in [-0.4, -0.2) is 35.2 Å². The summed E-state index contributed by atoms with van der Waals surface area (Å²) in [6.45, 7) is 7.86. The number of halogens is 1. The number of nitrogens with zero attached hydrogens (tertiary/aromatic N) is 6. The summed E-state index contributed by atoms with van der Waals surface area (Å²) < 4.78 is 3.34. The van der Waals surface area contributed by atoms with E-state index >= 15 is 0 Å². The molecule has 9 nitrogen and oxygen atoms in total. The van der Waals surface area contributed by atoms with E-state index < -0.39 is 5.54 Å². The van der Waals surface area contributed by atoms with Gasteiger partial charge in [-0.15, -0.1) is 0 Å². The molecule has 35 heavy (non-hydrogen) atoms. The highest BCUT2D eigenvalue weighted by Gasteiger charge is 2.46. The Bertz CT molecular complexity index is 1500. The zero-order chi connectivity index (χ0) is 24.9. The summed E-state index contributed by atoms with van der Waals surface area (Å²) in [5, 5.41) is 8.65. The Labute approximate surface area is 207 Å². The quantitative estimate of drug-likeness (QED) is 0.431. The van der Waals surface area contributed by atoms with Gasteiger partial charge in [0.2, 0.25) is 5.82 Å². The molecule has 0 saturated heterocycles. The van der Waals surface area contributed by atoms with Crippen LogP contribution in [0.5, 0.6) is 0 Å². The number of benzene rings is 1. The number of carbonyl (C=O) groups excluding carboxylic acids is 1. The van der Waals surface area contributed by atoms with Crippen LogP contribution in [0.3, 0.4) is 0 Å². The Morgan fingerprint density at radius 3 is 2.51 bits per heavy atom. The molecule has 1 aromatic carbocycles. The smallest absolute Gasteiger partial charge is 0.289 e. The number of amides is 1. The van der Waals surface area contributed by atoms with Gasteiger partial charge in [-0.2, -0.15) is 5.10 Å². The van der Waals surface area contributed by atoms with Gasteiger partial charge in [0.15, 0.2) is 5.65 Å². The lowest BCUT2D eigenvalue weighted by Gasteiger charge is -2.19. The van der Waals surface area contributed by atoms with Crippen LogP contribution in [0.2, 0.25) is 5.02 Å². The summed E-state index contributed by atoms with van der Waals surface area (Å²) in [5.41, 5.74) is 1.87. The van der Waals surface area contributed by atoms with Gasteiger partial charge in [-0.05, 0) is 52.2 Å². The van der Waals surface area contributed by atoms with Gasteiger partial charge < -0.3 is 5.32 Å². The molecule has 5 rings (SSSR count). The highest BCUT2D eigenvalue weighted by molar-refractivity contribution is 6.33. The minimum absolute atomic E-state index is 0.0152. The van der Waals surface area contributed by atoms with Crippen molar-refractivity contribution in [2.24, 2.45) is 0 Å². The lowest BCUT2D eigenvalue weighted by Crippen LogP contribution is -2.36. The second-order valence-electron chi connectivity index (χ2n) is 9.50. The van der Waals surface area contributed by atoms with Crippen molar-refractivity contribution in [3.63, 3.8) is 0 Å². The topological polar surface area (TPSA) is 108 Å². The standard InChI is InChI=1S/C25H26ClN7O2/c1-14(2)32-13-27-12-19(24(32)35)18-6-5-17(9-20(18)26)25(7-8-25)31-23(34)21-28-10-16-11-29-33(15(3)4)22(16)30-21/h5-6,9-15H,7-8H2,1-4H3,(H,31,34). The molecular formula is C25H26ClN7O2. The highest BCUT2D eigenvalue weighted by Crippen LogP contribution is 2.47. The fraction of sp³-hybridized carbons (Fsp3) is 0.360. The van der Waals surface area contributed by atoms with Gasteiger partial charge in [-0.3, -0.25) is 14.2 Å². The fourth-order valence-corrected chi connectivity index (χ4v) is 4.50. The summed E-state index contributed by atoms with van der Waals surface area (Å²) in [6, 6.07) is 5.63. The normalized spacial score (nSPS) is 14.6. The average molecular weight is 492 g/mol. The van der Waals surface area contributed by atoms with Crippen molar-refractivity contribution in [2.45, 2.75) is 58.2 Å². The van der Waals surface area contributed by atoms with E-state index in [4.69, 9.17) is 11.6 Å². The van der Waals surface area contributed by atoms with Crippen LogP contribution < -0.4 is 10.9 Å². The van der Waals surface area contributed by atoms with Crippen molar-refractivity contribution in [1.82, 2.24) is 34.6 Å². The molecule has 0 unspecified atom stereocenters. The number of hydrogen-bond donors (Lipinski definition) is 1. The van der Waals surface area contributed by atoms with E-state index in [2.05, 4.69) is 25.4 Å². The molecule has 0 atom stereocenters. The summed E-state index contributed by atoms with van der Waals surface area (Å²) in [6.07, 6.45) is 7.92. The Morgan fingerprint density at radius 1 is 1.09 bits per heavy atom. The van der Waals surface area contributed by atoms with Gasteiger partial charge in [0.1, 0.15) is 0 Å². The molecule has 1 N–H and O–H groups in total. The Balaban J connectivity index is 1.42. The molecule has 0 radical (unpaired) electrons. The first-order chi connectivity index (χ1) is 16.7. The monoisotopic (exact) mass is 491 g/mol. The van der Waals surface area contributed by atoms with E-state index in [1.54, 1.807) is 21.6 Å². The van der Waals surface area contributed by atoms with Gasteiger partial charge in [-0.25, -0.2) is 19.6 Å². The summed E-state index contributed by atoms with van der Waals surface area (Å²) >= 11 is 6.63. The summed E-state index contributed by atoms with van der Waals surface area (Å²) in [7, 11) is 0. The lowest BCUT2D eigenvalue weighted by molar-refractivity contribution is 0.0920. The van der Waals surface area contributed by atoms with E-state index in [0.29, 0.717) is 21.8 Å². The number of hydrogen-bond acceptors (Lipinski definition) is 6. The van der Waals surface area contributed by atoms with Crippen LogP contribution >= 0.6 is 11.6 Å². The number of nitrogens with one attached hydrogen (secondary N) is 1. The fourth-order valence-electron chi connectivity index (χ4n) is 4.22. The molecule has 1 aliphatic carbocycles. The molecule has 10 heteroatoms.